The van der Waals surface area contributed by atoms with Crippen molar-refractivity contribution < 1.29 is 14.7 Å². The predicted molar refractivity (Wildman–Crippen MR) is 78.5 cm³/mol. The van der Waals surface area contributed by atoms with Gasteiger partial charge in [0.25, 0.3) is 5.91 Å². The molecule has 1 aromatic rings. The van der Waals surface area contributed by atoms with Crippen LogP contribution in [0.3, 0.4) is 0 Å². The van der Waals surface area contributed by atoms with Gasteiger partial charge in [0, 0.05) is 17.5 Å². The van der Waals surface area contributed by atoms with Crippen LogP contribution in [0.2, 0.25) is 0 Å². The fraction of sp³-hybridized carbons (Fsp3) is 0.462. The van der Waals surface area contributed by atoms with Crippen molar-refractivity contribution >= 4 is 39.6 Å². The molecule has 1 saturated heterocycles. The first-order chi connectivity index (χ1) is 9.58. The number of pyridine rings is 1. The van der Waals surface area contributed by atoms with Crippen LogP contribution >= 0.6 is 27.7 Å². The summed E-state index contributed by atoms with van der Waals surface area (Å²) in [6.45, 7) is 0. The molecule has 1 amide bonds. The van der Waals surface area contributed by atoms with Gasteiger partial charge in [-0.05, 0) is 46.8 Å². The highest BCUT2D eigenvalue weighted by Crippen LogP contribution is 2.45. The average molecular weight is 357 g/mol. The van der Waals surface area contributed by atoms with E-state index >= 15 is 0 Å². The molecule has 1 aliphatic carbocycles. The van der Waals surface area contributed by atoms with E-state index in [1.165, 1.54) is 0 Å². The number of rotatable bonds is 3. The second-order valence-electron chi connectivity index (χ2n) is 5.00. The van der Waals surface area contributed by atoms with Gasteiger partial charge >= 0.3 is 5.97 Å². The third-order valence-corrected chi connectivity index (χ3v) is 5.45. The molecule has 0 spiro atoms. The van der Waals surface area contributed by atoms with Crippen LogP contribution in [0, 0.1) is 5.92 Å². The summed E-state index contributed by atoms with van der Waals surface area (Å²) >= 11 is 4.82. The highest BCUT2D eigenvalue weighted by Gasteiger charge is 2.48. The first-order valence-electron chi connectivity index (χ1n) is 6.36. The largest absolute Gasteiger partial charge is 0.480 e. The second-order valence-corrected chi connectivity index (χ2v) is 6.96. The summed E-state index contributed by atoms with van der Waals surface area (Å²) in [6.07, 6.45) is 3.70. The second kappa shape index (κ2) is 5.37. The molecule has 7 heteroatoms. The number of halogens is 1. The van der Waals surface area contributed by atoms with Gasteiger partial charge < -0.3 is 10.0 Å². The SMILES string of the molecule is O=C(O)C1CSC(C2CC2)N1C(=O)c1ccnc(Br)c1. The van der Waals surface area contributed by atoms with Crippen LogP contribution in [0.5, 0.6) is 0 Å². The number of thioether (sulfide) groups is 1. The summed E-state index contributed by atoms with van der Waals surface area (Å²) in [7, 11) is 0. The summed E-state index contributed by atoms with van der Waals surface area (Å²) in [5, 5.41) is 9.32. The molecule has 1 aliphatic heterocycles. The summed E-state index contributed by atoms with van der Waals surface area (Å²) < 4.78 is 0.574. The Hall–Kier alpha value is -1.08. The first-order valence-corrected chi connectivity index (χ1v) is 8.20. The predicted octanol–water partition coefficient (Wildman–Crippen LogP) is 2.22. The van der Waals surface area contributed by atoms with Gasteiger partial charge in [-0.3, -0.25) is 4.79 Å². The third-order valence-electron chi connectivity index (χ3n) is 3.55. The highest BCUT2D eigenvalue weighted by molar-refractivity contribution is 9.10. The first kappa shape index (κ1) is 13.9. The van der Waals surface area contributed by atoms with Crippen molar-refractivity contribution in [3.63, 3.8) is 0 Å². The molecular weight excluding hydrogens is 344 g/mol. The smallest absolute Gasteiger partial charge is 0.327 e. The topological polar surface area (TPSA) is 70.5 Å². The summed E-state index contributed by atoms with van der Waals surface area (Å²) in [6, 6.07) is 2.53. The van der Waals surface area contributed by atoms with Crippen molar-refractivity contribution in [3.05, 3.63) is 28.5 Å². The van der Waals surface area contributed by atoms with Gasteiger partial charge in [0.05, 0.1) is 5.37 Å². The Balaban J connectivity index is 1.90. The van der Waals surface area contributed by atoms with Crippen molar-refractivity contribution in [2.24, 2.45) is 5.92 Å². The van der Waals surface area contributed by atoms with Crippen molar-refractivity contribution in [1.29, 1.82) is 0 Å². The van der Waals surface area contributed by atoms with Gasteiger partial charge in [0.15, 0.2) is 0 Å². The Morgan fingerprint density at radius 3 is 2.80 bits per heavy atom. The standard InChI is InChI=1S/C13H13BrN2O3S/c14-10-5-8(3-4-15-10)11(17)16-9(13(18)19)6-20-12(16)7-1-2-7/h3-5,7,9,12H,1-2,6H2,(H,18,19). The van der Waals surface area contributed by atoms with Crippen LogP contribution in [-0.4, -0.2) is 44.0 Å². The van der Waals surface area contributed by atoms with Gasteiger partial charge in [-0.25, -0.2) is 9.78 Å². The zero-order valence-corrected chi connectivity index (χ0v) is 12.9. The molecule has 1 saturated carbocycles. The van der Waals surface area contributed by atoms with E-state index in [1.807, 2.05) is 0 Å². The number of aromatic nitrogens is 1. The molecule has 1 N–H and O–H groups in total. The zero-order valence-electron chi connectivity index (χ0n) is 10.5. The van der Waals surface area contributed by atoms with Crippen molar-refractivity contribution in [3.8, 4) is 0 Å². The van der Waals surface area contributed by atoms with Gasteiger partial charge in [-0.1, -0.05) is 0 Å². The van der Waals surface area contributed by atoms with Crippen LogP contribution in [0.15, 0.2) is 22.9 Å². The van der Waals surface area contributed by atoms with Crippen LogP contribution in [-0.2, 0) is 4.79 Å². The monoisotopic (exact) mass is 356 g/mol. The fourth-order valence-electron chi connectivity index (χ4n) is 2.40. The summed E-state index contributed by atoms with van der Waals surface area (Å²) in [5.74, 6) is -0.239. The number of hydrogen-bond acceptors (Lipinski definition) is 4. The maximum Gasteiger partial charge on any atom is 0.327 e. The minimum absolute atomic E-state index is 0.00413. The van der Waals surface area contributed by atoms with Gasteiger partial charge in [-0.15, -0.1) is 11.8 Å². The number of amides is 1. The number of carboxylic acids is 1. The van der Waals surface area contributed by atoms with Crippen LogP contribution < -0.4 is 0 Å². The number of aliphatic carboxylic acids is 1. The van der Waals surface area contributed by atoms with E-state index in [2.05, 4.69) is 20.9 Å². The Morgan fingerprint density at radius 1 is 1.45 bits per heavy atom. The molecule has 2 unspecified atom stereocenters. The van der Waals surface area contributed by atoms with Crippen LogP contribution in [0.25, 0.3) is 0 Å². The maximum atomic E-state index is 12.7. The van der Waals surface area contributed by atoms with Crippen molar-refractivity contribution in [2.45, 2.75) is 24.3 Å². The third kappa shape index (κ3) is 2.56. The molecule has 5 nitrogen and oxygen atoms in total. The fourth-order valence-corrected chi connectivity index (χ4v) is 4.40. The van der Waals surface area contributed by atoms with Gasteiger partial charge in [0.2, 0.25) is 0 Å². The van der Waals surface area contributed by atoms with E-state index in [0.717, 1.165) is 12.8 Å². The number of carbonyl (C=O) groups is 2. The molecule has 2 aliphatic rings. The molecule has 2 heterocycles. The molecule has 0 radical (unpaired) electrons. The molecule has 2 fully saturated rings. The van der Waals surface area contributed by atoms with Crippen LogP contribution in [0.1, 0.15) is 23.2 Å². The molecule has 0 aromatic carbocycles. The van der Waals surface area contributed by atoms with E-state index < -0.39 is 12.0 Å². The molecular formula is C13H13BrN2O3S. The molecule has 106 valence electrons. The normalized spacial score (nSPS) is 25.8. The van der Waals surface area contributed by atoms with Gasteiger partial charge in [0.1, 0.15) is 10.6 Å². The van der Waals surface area contributed by atoms with Crippen molar-refractivity contribution in [2.75, 3.05) is 5.75 Å². The molecule has 2 atom stereocenters. The van der Waals surface area contributed by atoms with Gasteiger partial charge in [-0.2, -0.15) is 0 Å². The van der Waals surface area contributed by atoms with E-state index in [4.69, 9.17) is 0 Å². The maximum absolute atomic E-state index is 12.7. The Morgan fingerprint density at radius 2 is 2.20 bits per heavy atom. The number of carboxylic acid groups (broad SMARTS) is 1. The van der Waals surface area contributed by atoms with E-state index in [9.17, 15) is 14.7 Å². The molecule has 3 rings (SSSR count). The summed E-state index contributed by atoms with van der Waals surface area (Å²) in [5.41, 5.74) is 0.478. The Labute approximate surface area is 128 Å². The lowest BCUT2D eigenvalue weighted by atomic mass is 10.1. The lowest BCUT2D eigenvalue weighted by Gasteiger charge is -2.27. The number of carbonyl (C=O) groups excluding carboxylic acids is 1. The van der Waals surface area contributed by atoms with Crippen LogP contribution in [0.4, 0.5) is 0 Å². The quantitative estimate of drug-likeness (QED) is 0.840. The lowest BCUT2D eigenvalue weighted by Crippen LogP contribution is -2.46. The Kier molecular flexibility index (Phi) is 3.72. The van der Waals surface area contributed by atoms with E-state index in [1.54, 1.807) is 35.0 Å². The average Bonchev–Trinajstić information content (AvgIpc) is 3.16. The number of hydrogen-bond donors (Lipinski definition) is 1. The molecule has 20 heavy (non-hydrogen) atoms. The summed E-state index contributed by atoms with van der Waals surface area (Å²) in [4.78, 5) is 29.6. The minimum atomic E-state index is -0.929. The zero-order chi connectivity index (χ0) is 14.3. The molecule has 0 bridgehead atoms. The molecule has 1 aromatic heterocycles. The van der Waals surface area contributed by atoms with E-state index in [-0.39, 0.29) is 11.3 Å². The lowest BCUT2D eigenvalue weighted by molar-refractivity contribution is -0.141. The Bertz CT molecular complexity index is 564. The van der Waals surface area contributed by atoms with Crippen molar-refractivity contribution in [1.82, 2.24) is 9.88 Å². The van der Waals surface area contributed by atoms with E-state index in [0.29, 0.717) is 21.8 Å². The minimum Gasteiger partial charge on any atom is -0.480 e. The highest BCUT2D eigenvalue weighted by atomic mass is 79.9. The number of nitrogens with zero attached hydrogens (tertiary/aromatic N) is 2.